The summed E-state index contributed by atoms with van der Waals surface area (Å²) in [6.45, 7) is 6.13. The zero-order valence-corrected chi connectivity index (χ0v) is 19.9. The van der Waals surface area contributed by atoms with E-state index >= 15 is 0 Å². The van der Waals surface area contributed by atoms with Gasteiger partial charge in [0, 0.05) is 17.8 Å². The maximum absolute atomic E-state index is 13.7. The number of benzene rings is 3. The molecule has 3 aromatic carbocycles. The molecule has 1 heterocycles. The number of carbonyl (C=O) groups excluding carboxylic acids is 2. The highest BCUT2D eigenvalue weighted by Gasteiger charge is 2.28. The van der Waals surface area contributed by atoms with Gasteiger partial charge in [-0.1, -0.05) is 42.5 Å². The van der Waals surface area contributed by atoms with Gasteiger partial charge in [-0.25, -0.2) is 4.39 Å². The molecule has 0 radical (unpaired) electrons. The summed E-state index contributed by atoms with van der Waals surface area (Å²) in [5.74, 6) is -1.000. The Bertz CT molecular complexity index is 1260. The SMILES string of the molecule is CC(C)(C)OC(=O)CNCc1ccc(N/C(=C2\C(=O)Nc3cc(F)ccc32)c2ccccc2)cc1. The Morgan fingerprint density at radius 3 is 2.40 bits per heavy atom. The maximum Gasteiger partial charge on any atom is 0.320 e. The summed E-state index contributed by atoms with van der Waals surface area (Å²) in [5.41, 5.74) is 4.28. The molecule has 180 valence electrons. The number of ether oxygens (including phenoxy) is 1. The highest BCUT2D eigenvalue weighted by molar-refractivity contribution is 6.37. The van der Waals surface area contributed by atoms with Crippen molar-refractivity contribution in [2.75, 3.05) is 17.2 Å². The number of esters is 1. The number of carbonyl (C=O) groups is 2. The molecular weight excluding hydrogens is 445 g/mol. The Kier molecular flexibility index (Phi) is 6.98. The van der Waals surface area contributed by atoms with Crippen LogP contribution >= 0.6 is 0 Å². The Balaban J connectivity index is 1.53. The molecule has 4 rings (SSSR count). The van der Waals surface area contributed by atoms with E-state index in [0.29, 0.717) is 29.1 Å². The van der Waals surface area contributed by atoms with E-state index in [1.807, 2.05) is 75.4 Å². The predicted molar refractivity (Wildman–Crippen MR) is 136 cm³/mol. The van der Waals surface area contributed by atoms with Gasteiger partial charge in [0.2, 0.25) is 0 Å². The second-order valence-corrected chi connectivity index (χ2v) is 9.27. The molecule has 1 aliphatic heterocycles. The first kappa shape index (κ1) is 24.2. The lowest BCUT2D eigenvalue weighted by Crippen LogP contribution is -2.31. The third-order valence-corrected chi connectivity index (χ3v) is 5.28. The topological polar surface area (TPSA) is 79.5 Å². The molecule has 0 unspecified atom stereocenters. The number of amides is 1. The molecule has 0 saturated carbocycles. The first-order chi connectivity index (χ1) is 16.7. The summed E-state index contributed by atoms with van der Waals surface area (Å²) >= 11 is 0. The monoisotopic (exact) mass is 473 g/mol. The Labute approximate surface area is 204 Å². The fourth-order valence-electron chi connectivity index (χ4n) is 3.81. The van der Waals surface area contributed by atoms with Gasteiger partial charge in [0.1, 0.15) is 11.4 Å². The summed E-state index contributed by atoms with van der Waals surface area (Å²) in [5, 5.41) is 9.23. The van der Waals surface area contributed by atoms with Crippen molar-refractivity contribution in [3.05, 3.63) is 95.3 Å². The van der Waals surface area contributed by atoms with Crippen molar-refractivity contribution in [1.82, 2.24) is 5.32 Å². The standard InChI is InChI=1S/C28H28FN3O3/c1-28(2,3)35-24(33)17-30-16-18-9-12-21(13-10-18)31-26(19-7-5-4-6-8-19)25-22-14-11-20(29)15-23(22)32-27(25)34/h4-15,30-31H,16-17H2,1-3H3,(H,32,34)/b26-25-. The summed E-state index contributed by atoms with van der Waals surface area (Å²) < 4.78 is 19.0. The van der Waals surface area contributed by atoms with Gasteiger partial charge in [-0.15, -0.1) is 0 Å². The number of hydrogen-bond acceptors (Lipinski definition) is 5. The molecule has 0 bridgehead atoms. The van der Waals surface area contributed by atoms with Crippen LogP contribution in [0, 0.1) is 5.82 Å². The number of anilines is 2. The molecule has 3 aromatic rings. The first-order valence-corrected chi connectivity index (χ1v) is 11.4. The zero-order chi connectivity index (χ0) is 25.0. The zero-order valence-electron chi connectivity index (χ0n) is 19.9. The molecule has 6 nitrogen and oxygen atoms in total. The van der Waals surface area contributed by atoms with Crippen LogP contribution in [0.25, 0.3) is 11.3 Å². The lowest BCUT2D eigenvalue weighted by Gasteiger charge is -2.19. The average molecular weight is 474 g/mol. The van der Waals surface area contributed by atoms with E-state index in [-0.39, 0.29) is 18.4 Å². The fraction of sp³-hybridized carbons (Fsp3) is 0.214. The average Bonchev–Trinajstić information content (AvgIpc) is 3.12. The molecule has 0 aromatic heterocycles. The summed E-state index contributed by atoms with van der Waals surface area (Å²) in [4.78, 5) is 24.7. The van der Waals surface area contributed by atoms with E-state index in [1.54, 1.807) is 6.07 Å². The van der Waals surface area contributed by atoms with Crippen LogP contribution in [0.15, 0.2) is 72.8 Å². The second-order valence-electron chi connectivity index (χ2n) is 9.27. The van der Waals surface area contributed by atoms with Crippen LogP contribution in [-0.4, -0.2) is 24.0 Å². The molecule has 7 heteroatoms. The Morgan fingerprint density at radius 2 is 1.71 bits per heavy atom. The van der Waals surface area contributed by atoms with Crippen molar-refractivity contribution in [1.29, 1.82) is 0 Å². The number of nitrogens with one attached hydrogen (secondary N) is 3. The minimum absolute atomic E-state index is 0.122. The maximum atomic E-state index is 13.7. The fourth-order valence-corrected chi connectivity index (χ4v) is 3.81. The van der Waals surface area contributed by atoms with Crippen LogP contribution in [0.2, 0.25) is 0 Å². The third-order valence-electron chi connectivity index (χ3n) is 5.28. The molecule has 0 atom stereocenters. The van der Waals surface area contributed by atoms with Gasteiger partial charge < -0.3 is 20.7 Å². The van der Waals surface area contributed by atoms with Gasteiger partial charge in [-0.05, 0) is 62.2 Å². The van der Waals surface area contributed by atoms with E-state index in [9.17, 15) is 14.0 Å². The van der Waals surface area contributed by atoms with Gasteiger partial charge >= 0.3 is 5.97 Å². The van der Waals surface area contributed by atoms with Crippen LogP contribution in [-0.2, 0) is 20.9 Å². The minimum Gasteiger partial charge on any atom is -0.459 e. The summed E-state index contributed by atoms with van der Waals surface area (Å²) in [7, 11) is 0. The molecule has 0 spiro atoms. The van der Waals surface area contributed by atoms with Gasteiger partial charge in [0.25, 0.3) is 5.91 Å². The molecule has 35 heavy (non-hydrogen) atoms. The number of hydrogen-bond donors (Lipinski definition) is 3. The molecule has 1 amide bonds. The van der Waals surface area contributed by atoms with E-state index in [1.165, 1.54) is 12.1 Å². The van der Waals surface area contributed by atoms with Crippen LogP contribution in [0.3, 0.4) is 0 Å². The van der Waals surface area contributed by atoms with Crippen molar-refractivity contribution < 1.29 is 18.7 Å². The van der Waals surface area contributed by atoms with Crippen molar-refractivity contribution in [2.45, 2.75) is 32.9 Å². The first-order valence-electron chi connectivity index (χ1n) is 11.4. The van der Waals surface area contributed by atoms with Crippen LogP contribution in [0.4, 0.5) is 15.8 Å². The number of fused-ring (bicyclic) bond motifs is 1. The summed E-state index contributed by atoms with van der Waals surface area (Å²) in [6, 6.07) is 21.5. The van der Waals surface area contributed by atoms with Crippen molar-refractivity contribution >= 4 is 34.5 Å². The molecule has 0 aliphatic carbocycles. The minimum atomic E-state index is -0.512. The molecular formula is C28H28FN3O3. The molecule has 1 aliphatic rings. The summed E-state index contributed by atoms with van der Waals surface area (Å²) in [6.07, 6.45) is 0. The van der Waals surface area contributed by atoms with E-state index in [2.05, 4.69) is 16.0 Å². The van der Waals surface area contributed by atoms with E-state index in [0.717, 1.165) is 16.8 Å². The second kappa shape index (κ2) is 10.1. The van der Waals surface area contributed by atoms with Gasteiger partial charge in [-0.2, -0.15) is 0 Å². The predicted octanol–water partition coefficient (Wildman–Crippen LogP) is 5.19. The highest BCUT2D eigenvalue weighted by Crippen LogP contribution is 2.37. The normalized spacial score (nSPS) is 14.2. The highest BCUT2D eigenvalue weighted by atomic mass is 19.1. The Hall–Kier alpha value is -3.97. The smallest absolute Gasteiger partial charge is 0.320 e. The third kappa shape index (κ3) is 6.13. The lowest BCUT2D eigenvalue weighted by atomic mass is 10.00. The largest absolute Gasteiger partial charge is 0.459 e. The molecule has 0 fully saturated rings. The van der Waals surface area contributed by atoms with Gasteiger partial charge in [-0.3, -0.25) is 9.59 Å². The quantitative estimate of drug-likeness (QED) is 0.325. The van der Waals surface area contributed by atoms with Crippen molar-refractivity contribution in [3.8, 4) is 0 Å². The van der Waals surface area contributed by atoms with Gasteiger partial charge in [0.15, 0.2) is 0 Å². The Morgan fingerprint density at radius 1 is 1.00 bits per heavy atom. The van der Waals surface area contributed by atoms with Crippen LogP contribution in [0.5, 0.6) is 0 Å². The molecule has 0 saturated heterocycles. The van der Waals surface area contributed by atoms with E-state index in [4.69, 9.17) is 4.74 Å². The van der Waals surface area contributed by atoms with E-state index < -0.39 is 11.4 Å². The number of rotatable bonds is 7. The van der Waals surface area contributed by atoms with Crippen molar-refractivity contribution in [3.63, 3.8) is 0 Å². The van der Waals surface area contributed by atoms with Crippen LogP contribution < -0.4 is 16.0 Å². The van der Waals surface area contributed by atoms with Gasteiger partial charge in [0.05, 0.1) is 23.5 Å². The number of halogens is 1. The lowest BCUT2D eigenvalue weighted by molar-refractivity contribution is -0.153. The van der Waals surface area contributed by atoms with Crippen molar-refractivity contribution in [2.24, 2.45) is 0 Å². The molecule has 3 N–H and O–H groups in total. The van der Waals surface area contributed by atoms with Crippen LogP contribution in [0.1, 0.15) is 37.5 Å².